The summed E-state index contributed by atoms with van der Waals surface area (Å²) < 4.78 is 43.9. The summed E-state index contributed by atoms with van der Waals surface area (Å²) in [5.74, 6) is -0.706. The highest BCUT2D eigenvalue weighted by Gasteiger charge is 2.22. The van der Waals surface area contributed by atoms with E-state index in [1.54, 1.807) is 30.3 Å². The van der Waals surface area contributed by atoms with E-state index in [-0.39, 0.29) is 24.5 Å². The number of benzene rings is 2. The summed E-state index contributed by atoms with van der Waals surface area (Å²) in [6.07, 6.45) is 0.955. The molecule has 0 fully saturated rings. The summed E-state index contributed by atoms with van der Waals surface area (Å²) in [5.41, 5.74) is 0.816. The lowest BCUT2D eigenvalue weighted by molar-refractivity contribution is -0.121. The number of sulfonamides is 1. The van der Waals surface area contributed by atoms with E-state index in [1.165, 1.54) is 18.2 Å². The third-order valence-corrected chi connectivity index (χ3v) is 5.51. The van der Waals surface area contributed by atoms with Crippen LogP contribution in [0, 0.1) is 5.82 Å². The number of hydrogen-bond acceptors (Lipinski definition) is 6. The Morgan fingerprint density at radius 2 is 2.00 bits per heavy atom. The van der Waals surface area contributed by atoms with Gasteiger partial charge in [-0.1, -0.05) is 47.1 Å². The zero-order valence-corrected chi connectivity index (χ0v) is 17.5. The molecule has 30 heavy (non-hydrogen) atoms. The molecule has 0 spiro atoms. The van der Waals surface area contributed by atoms with Crippen LogP contribution in [-0.2, 0) is 27.9 Å². The van der Waals surface area contributed by atoms with Crippen LogP contribution >= 0.6 is 11.6 Å². The van der Waals surface area contributed by atoms with Gasteiger partial charge in [0.2, 0.25) is 27.6 Å². The van der Waals surface area contributed by atoms with Gasteiger partial charge in [0, 0.05) is 22.7 Å². The van der Waals surface area contributed by atoms with E-state index in [4.69, 9.17) is 16.1 Å². The van der Waals surface area contributed by atoms with Gasteiger partial charge in [0.1, 0.15) is 5.82 Å². The molecule has 0 saturated heterocycles. The first-order valence-electron chi connectivity index (χ1n) is 8.76. The molecule has 0 bridgehead atoms. The number of nitrogens with one attached hydrogen (secondary N) is 1. The second-order valence-electron chi connectivity index (χ2n) is 6.42. The molecular weight excluding hydrogens is 435 g/mol. The monoisotopic (exact) mass is 452 g/mol. The van der Waals surface area contributed by atoms with Crippen molar-refractivity contribution in [2.24, 2.45) is 0 Å². The van der Waals surface area contributed by atoms with Crippen molar-refractivity contribution in [1.82, 2.24) is 19.8 Å². The lowest BCUT2D eigenvalue weighted by Gasteiger charge is -2.19. The normalized spacial score (nSPS) is 11.6. The summed E-state index contributed by atoms with van der Waals surface area (Å²) in [6.45, 7) is -0.843. The highest BCUT2D eigenvalue weighted by atomic mass is 35.5. The second kappa shape index (κ2) is 9.33. The van der Waals surface area contributed by atoms with E-state index in [1.807, 2.05) is 0 Å². The van der Waals surface area contributed by atoms with Gasteiger partial charge < -0.3 is 9.84 Å². The number of aromatic nitrogens is 2. The Morgan fingerprint density at radius 1 is 1.23 bits per heavy atom. The van der Waals surface area contributed by atoms with E-state index in [9.17, 15) is 17.6 Å². The van der Waals surface area contributed by atoms with Crippen LogP contribution < -0.4 is 5.32 Å². The second-order valence-corrected chi connectivity index (χ2v) is 8.84. The quantitative estimate of drug-likeness (QED) is 0.563. The molecule has 0 atom stereocenters. The van der Waals surface area contributed by atoms with Gasteiger partial charge in [0.15, 0.2) is 0 Å². The molecule has 0 radical (unpaired) electrons. The average molecular weight is 453 g/mol. The van der Waals surface area contributed by atoms with E-state index in [0.29, 0.717) is 16.4 Å². The summed E-state index contributed by atoms with van der Waals surface area (Å²) in [7, 11) is -3.75. The third-order valence-electron chi connectivity index (χ3n) is 4.08. The van der Waals surface area contributed by atoms with Gasteiger partial charge in [-0.05, 0) is 18.2 Å². The van der Waals surface area contributed by atoms with Crippen LogP contribution in [0.15, 0.2) is 53.1 Å². The summed E-state index contributed by atoms with van der Waals surface area (Å²) in [5, 5.41) is 6.86. The molecular formula is C19H18ClFN4O4S. The minimum absolute atomic E-state index is 0.0936. The number of carbonyl (C=O) groups excluding carboxylic acids is 1. The van der Waals surface area contributed by atoms with Crippen molar-refractivity contribution in [2.45, 2.75) is 13.1 Å². The largest absolute Gasteiger partial charge is 0.346 e. The van der Waals surface area contributed by atoms with Crippen molar-refractivity contribution in [2.75, 3.05) is 12.8 Å². The molecule has 1 heterocycles. The standard InChI is InChI=1S/C19H18ClFN4O4S/c1-30(27,28)25(11-14-5-2-3-8-16(14)21)12-17(26)22-10-18-23-19(24-29-18)13-6-4-7-15(20)9-13/h2-9H,10-12H2,1H3,(H,22,26). The van der Waals surface area contributed by atoms with Crippen molar-refractivity contribution >= 4 is 27.5 Å². The topological polar surface area (TPSA) is 105 Å². The number of amides is 1. The molecule has 8 nitrogen and oxygen atoms in total. The maximum atomic E-state index is 13.9. The maximum Gasteiger partial charge on any atom is 0.246 e. The molecule has 3 aromatic rings. The predicted octanol–water partition coefficient (Wildman–Crippen LogP) is 2.61. The van der Waals surface area contributed by atoms with Crippen LogP contribution in [-0.4, -0.2) is 41.6 Å². The Balaban J connectivity index is 1.62. The molecule has 1 amide bonds. The maximum absolute atomic E-state index is 13.9. The van der Waals surface area contributed by atoms with E-state index < -0.39 is 28.3 Å². The zero-order chi connectivity index (χ0) is 21.7. The van der Waals surface area contributed by atoms with E-state index in [2.05, 4.69) is 15.5 Å². The Bertz CT molecular complexity index is 1150. The SMILES string of the molecule is CS(=O)(=O)N(CC(=O)NCc1nc(-c2cccc(Cl)c2)no1)Cc1ccccc1F. The lowest BCUT2D eigenvalue weighted by Crippen LogP contribution is -2.39. The van der Waals surface area contributed by atoms with Gasteiger partial charge in [0.25, 0.3) is 0 Å². The third kappa shape index (κ3) is 5.85. The summed E-state index contributed by atoms with van der Waals surface area (Å²) >= 11 is 5.94. The molecule has 0 aliphatic heterocycles. The van der Waals surface area contributed by atoms with Gasteiger partial charge >= 0.3 is 0 Å². The van der Waals surface area contributed by atoms with Crippen molar-refractivity contribution in [3.05, 3.63) is 70.8 Å². The van der Waals surface area contributed by atoms with Crippen molar-refractivity contribution in [3.8, 4) is 11.4 Å². The highest BCUT2D eigenvalue weighted by molar-refractivity contribution is 7.88. The minimum atomic E-state index is -3.75. The van der Waals surface area contributed by atoms with Gasteiger partial charge in [0.05, 0.1) is 19.3 Å². The Kier molecular flexibility index (Phi) is 6.80. The predicted molar refractivity (Wildman–Crippen MR) is 108 cm³/mol. The zero-order valence-electron chi connectivity index (χ0n) is 15.9. The first kappa shape index (κ1) is 21.9. The Morgan fingerprint density at radius 3 is 2.70 bits per heavy atom. The molecule has 11 heteroatoms. The minimum Gasteiger partial charge on any atom is -0.346 e. The van der Waals surface area contributed by atoms with E-state index in [0.717, 1.165) is 10.6 Å². The molecule has 0 unspecified atom stereocenters. The van der Waals surface area contributed by atoms with Crippen LogP contribution in [0.4, 0.5) is 4.39 Å². The fourth-order valence-corrected chi connectivity index (χ4v) is 3.48. The molecule has 0 aliphatic rings. The number of nitrogens with zero attached hydrogens (tertiary/aromatic N) is 3. The van der Waals surface area contributed by atoms with Crippen molar-refractivity contribution < 1.29 is 22.1 Å². The van der Waals surface area contributed by atoms with Gasteiger partial charge in [-0.25, -0.2) is 12.8 Å². The summed E-state index contributed by atoms with van der Waals surface area (Å²) in [6, 6.07) is 12.6. The molecule has 158 valence electrons. The smallest absolute Gasteiger partial charge is 0.246 e. The number of rotatable bonds is 8. The van der Waals surface area contributed by atoms with Crippen LogP contribution in [0.2, 0.25) is 5.02 Å². The summed E-state index contributed by atoms with van der Waals surface area (Å²) in [4.78, 5) is 16.4. The Labute approximate surface area is 177 Å². The molecule has 0 aliphatic carbocycles. The molecule has 1 aromatic heterocycles. The number of carbonyl (C=O) groups is 1. The van der Waals surface area contributed by atoms with Gasteiger partial charge in [-0.2, -0.15) is 9.29 Å². The molecule has 3 rings (SSSR count). The fraction of sp³-hybridized carbons (Fsp3) is 0.211. The van der Waals surface area contributed by atoms with Crippen LogP contribution in [0.3, 0.4) is 0 Å². The van der Waals surface area contributed by atoms with Crippen LogP contribution in [0.1, 0.15) is 11.5 Å². The molecule has 1 N–H and O–H groups in total. The lowest BCUT2D eigenvalue weighted by atomic mass is 10.2. The highest BCUT2D eigenvalue weighted by Crippen LogP contribution is 2.20. The van der Waals surface area contributed by atoms with Crippen molar-refractivity contribution in [3.63, 3.8) is 0 Å². The van der Waals surface area contributed by atoms with E-state index >= 15 is 0 Å². The molecule has 0 saturated carbocycles. The van der Waals surface area contributed by atoms with Gasteiger partial charge in [-0.15, -0.1) is 0 Å². The first-order valence-corrected chi connectivity index (χ1v) is 11.0. The van der Waals surface area contributed by atoms with Crippen LogP contribution in [0.25, 0.3) is 11.4 Å². The first-order chi connectivity index (χ1) is 14.2. The number of hydrogen-bond donors (Lipinski definition) is 1. The van der Waals surface area contributed by atoms with Crippen molar-refractivity contribution in [1.29, 1.82) is 0 Å². The molecule has 2 aromatic carbocycles. The average Bonchev–Trinajstić information content (AvgIpc) is 3.16. The Hall–Kier alpha value is -2.82. The fourth-order valence-electron chi connectivity index (χ4n) is 2.57. The van der Waals surface area contributed by atoms with Gasteiger partial charge in [-0.3, -0.25) is 4.79 Å². The number of halogens is 2. The van der Waals surface area contributed by atoms with Crippen LogP contribution in [0.5, 0.6) is 0 Å².